The Balaban J connectivity index is 2.33. The van der Waals surface area contributed by atoms with E-state index in [0.717, 1.165) is 37.0 Å². The van der Waals surface area contributed by atoms with Gasteiger partial charge in [0.25, 0.3) is 0 Å². The van der Waals surface area contributed by atoms with Crippen LogP contribution in [0.15, 0.2) is 47.5 Å². The fourth-order valence-corrected chi connectivity index (χ4v) is 2.27. The van der Waals surface area contributed by atoms with Crippen molar-refractivity contribution in [1.82, 2.24) is 5.32 Å². The second-order valence-electron chi connectivity index (χ2n) is 5.66. The number of unbranched alkanes of at least 4 members (excludes halogenated alkanes) is 3. The molecule has 0 aromatic carbocycles. The van der Waals surface area contributed by atoms with E-state index in [1.54, 1.807) is 12.2 Å². The Morgan fingerprint density at radius 1 is 1.23 bits per heavy atom. The first-order chi connectivity index (χ1) is 10.6. The topological polar surface area (TPSA) is 81.1 Å². The first-order valence-corrected chi connectivity index (χ1v) is 8.19. The molecular weight excluding hydrogens is 274 g/mol. The highest BCUT2D eigenvalue weighted by molar-refractivity contribution is 5.80. The van der Waals surface area contributed by atoms with Gasteiger partial charge in [0.2, 0.25) is 5.91 Å². The maximum absolute atomic E-state index is 11.9. The van der Waals surface area contributed by atoms with Crippen molar-refractivity contribution in [2.45, 2.75) is 58.3 Å². The number of allylic oxidation sites excluding steroid dienone is 6. The Morgan fingerprint density at radius 2 is 2.05 bits per heavy atom. The highest BCUT2D eigenvalue weighted by Crippen LogP contribution is 2.12. The lowest BCUT2D eigenvalue weighted by Gasteiger charge is -2.08. The van der Waals surface area contributed by atoms with E-state index in [0.29, 0.717) is 12.2 Å². The Labute approximate surface area is 134 Å². The molecular formula is C18H29N3O. The third-order valence-corrected chi connectivity index (χ3v) is 3.52. The summed E-state index contributed by atoms with van der Waals surface area (Å²) in [5.74, 6) is 0.239. The molecule has 0 aromatic heterocycles. The van der Waals surface area contributed by atoms with Crippen molar-refractivity contribution in [3.63, 3.8) is 0 Å². The molecule has 0 spiro atoms. The fourth-order valence-electron chi connectivity index (χ4n) is 2.27. The lowest BCUT2D eigenvalue weighted by Crippen LogP contribution is -2.27. The van der Waals surface area contributed by atoms with E-state index in [4.69, 9.17) is 11.5 Å². The summed E-state index contributed by atoms with van der Waals surface area (Å²) in [5, 5.41) is 2.68. The van der Waals surface area contributed by atoms with Crippen LogP contribution in [0.25, 0.3) is 0 Å². The number of hydrogen-bond acceptors (Lipinski definition) is 3. The van der Waals surface area contributed by atoms with Gasteiger partial charge in [-0.25, -0.2) is 0 Å². The standard InChI is InChI=1S/C18H29N3O/c1-2-3-4-8-11-16(19)12-13-17(20)21-18(22)14-15-9-6-5-7-10-15/h6,9-10,12-13H,2-5,7-8,11,14,19-20H2,1H3,(H,21,22)/b16-12-,17-13+. The van der Waals surface area contributed by atoms with E-state index in [-0.39, 0.29) is 5.91 Å². The van der Waals surface area contributed by atoms with Gasteiger partial charge in [0.1, 0.15) is 5.82 Å². The van der Waals surface area contributed by atoms with Crippen LogP contribution >= 0.6 is 0 Å². The van der Waals surface area contributed by atoms with E-state index in [1.165, 1.54) is 19.3 Å². The predicted octanol–water partition coefficient (Wildman–Crippen LogP) is 3.38. The molecule has 0 fully saturated rings. The number of amides is 1. The maximum atomic E-state index is 11.9. The third-order valence-electron chi connectivity index (χ3n) is 3.52. The molecule has 0 saturated carbocycles. The van der Waals surface area contributed by atoms with Crippen LogP contribution in [0.3, 0.4) is 0 Å². The molecule has 22 heavy (non-hydrogen) atoms. The summed E-state index contributed by atoms with van der Waals surface area (Å²) in [7, 11) is 0. The van der Waals surface area contributed by atoms with E-state index < -0.39 is 0 Å². The first-order valence-electron chi connectivity index (χ1n) is 8.19. The zero-order chi connectivity index (χ0) is 16.2. The minimum Gasteiger partial charge on any atom is -0.402 e. The second-order valence-corrected chi connectivity index (χ2v) is 5.66. The van der Waals surface area contributed by atoms with Crippen molar-refractivity contribution in [3.8, 4) is 0 Å². The molecule has 0 unspecified atom stereocenters. The van der Waals surface area contributed by atoms with E-state index in [2.05, 4.69) is 24.4 Å². The Hall–Kier alpha value is -1.97. The molecule has 0 atom stereocenters. The molecule has 1 aliphatic rings. The molecule has 1 amide bonds. The van der Waals surface area contributed by atoms with E-state index in [1.807, 2.05) is 6.08 Å². The molecule has 0 heterocycles. The van der Waals surface area contributed by atoms with Gasteiger partial charge in [-0.3, -0.25) is 4.79 Å². The van der Waals surface area contributed by atoms with E-state index >= 15 is 0 Å². The highest BCUT2D eigenvalue weighted by atomic mass is 16.1. The van der Waals surface area contributed by atoms with Crippen LogP contribution in [0.2, 0.25) is 0 Å². The lowest BCUT2D eigenvalue weighted by atomic mass is 10.0. The maximum Gasteiger partial charge on any atom is 0.229 e. The summed E-state index contributed by atoms with van der Waals surface area (Å²) in [5.41, 5.74) is 13.6. The van der Waals surface area contributed by atoms with Gasteiger partial charge >= 0.3 is 0 Å². The van der Waals surface area contributed by atoms with Gasteiger partial charge in [0.05, 0.1) is 6.42 Å². The Morgan fingerprint density at radius 3 is 2.73 bits per heavy atom. The quantitative estimate of drug-likeness (QED) is 0.451. The van der Waals surface area contributed by atoms with Crippen molar-refractivity contribution in [1.29, 1.82) is 0 Å². The van der Waals surface area contributed by atoms with Crippen LogP contribution in [0, 0.1) is 0 Å². The zero-order valence-corrected chi connectivity index (χ0v) is 13.6. The van der Waals surface area contributed by atoms with Gasteiger partial charge < -0.3 is 16.8 Å². The van der Waals surface area contributed by atoms with Gasteiger partial charge in [-0.05, 0) is 43.4 Å². The monoisotopic (exact) mass is 303 g/mol. The zero-order valence-electron chi connectivity index (χ0n) is 13.6. The van der Waals surface area contributed by atoms with Crippen molar-refractivity contribution in [2.75, 3.05) is 0 Å². The molecule has 5 N–H and O–H groups in total. The average Bonchev–Trinajstić information content (AvgIpc) is 2.50. The minimum absolute atomic E-state index is 0.0959. The molecule has 4 heteroatoms. The molecule has 4 nitrogen and oxygen atoms in total. The number of nitrogens with one attached hydrogen (secondary N) is 1. The Bertz CT molecular complexity index is 473. The van der Waals surface area contributed by atoms with Crippen molar-refractivity contribution in [3.05, 3.63) is 47.5 Å². The molecule has 0 aromatic rings. The van der Waals surface area contributed by atoms with Crippen LogP contribution in [-0.4, -0.2) is 5.91 Å². The minimum atomic E-state index is -0.0959. The smallest absolute Gasteiger partial charge is 0.229 e. The van der Waals surface area contributed by atoms with Gasteiger partial charge in [-0.2, -0.15) is 0 Å². The van der Waals surface area contributed by atoms with Crippen LogP contribution in [0.4, 0.5) is 0 Å². The number of nitrogens with two attached hydrogens (primary N) is 2. The number of carbonyl (C=O) groups excluding carboxylic acids is 1. The van der Waals surface area contributed by atoms with Crippen LogP contribution < -0.4 is 16.8 Å². The van der Waals surface area contributed by atoms with Gasteiger partial charge in [-0.1, -0.05) is 44.4 Å². The largest absolute Gasteiger partial charge is 0.402 e. The van der Waals surface area contributed by atoms with Crippen LogP contribution in [-0.2, 0) is 4.79 Å². The van der Waals surface area contributed by atoms with Gasteiger partial charge in [-0.15, -0.1) is 0 Å². The summed E-state index contributed by atoms with van der Waals surface area (Å²) in [6, 6.07) is 0. The summed E-state index contributed by atoms with van der Waals surface area (Å²) in [4.78, 5) is 11.9. The molecule has 1 rings (SSSR count). The highest BCUT2D eigenvalue weighted by Gasteiger charge is 2.05. The van der Waals surface area contributed by atoms with Crippen LogP contribution in [0.5, 0.6) is 0 Å². The molecule has 0 radical (unpaired) electrons. The Kier molecular flexibility index (Phi) is 8.80. The third kappa shape index (κ3) is 8.35. The molecule has 0 bridgehead atoms. The van der Waals surface area contributed by atoms with Crippen molar-refractivity contribution in [2.24, 2.45) is 11.5 Å². The fraction of sp³-hybridized carbons (Fsp3) is 0.500. The summed E-state index contributed by atoms with van der Waals surface area (Å²) < 4.78 is 0. The summed E-state index contributed by atoms with van der Waals surface area (Å²) in [6.45, 7) is 2.18. The van der Waals surface area contributed by atoms with E-state index in [9.17, 15) is 4.79 Å². The van der Waals surface area contributed by atoms with Crippen molar-refractivity contribution < 1.29 is 4.79 Å². The first kappa shape index (κ1) is 18.1. The predicted molar refractivity (Wildman–Crippen MR) is 92.5 cm³/mol. The average molecular weight is 303 g/mol. The van der Waals surface area contributed by atoms with Crippen LogP contribution in [0.1, 0.15) is 58.3 Å². The molecule has 1 aliphatic carbocycles. The molecule has 0 saturated heterocycles. The second kappa shape index (κ2) is 10.7. The van der Waals surface area contributed by atoms with Gasteiger partial charge in [0.15, 0.2) is 0 Å². The number of hydrogen-bond donors (Lipinski definition) is 3. The lowest BCUT2D eigenvalue weighted by molar-refractivity contribution is -0.119. The number of rotatable bonds is 9. The normalized spacial score (nSPS) is 15.6. The van der Waals surface area contributed by atoms with Crippen molar-refractivity contribution >= 4 is 5.91 Å². The summed E-state index contributed by atoms with van der Waals surface area (Å²) in [6.07, 6.45) is 17.7. The summed E-state index contributed by atoms with van der Waals surface area (Å²) >= 11 is 0. The SMILES string of the molecule is CCCCCC/C(N)=C/C=C(\N)NC(=O)CC1=CCCC=C1. The molecule has 122 valence electrons. The number of carbonyl (C=O) groups is 1. The van der Waals surface area contributed by atoms with Gasteiger partial charge in [0, 0.05) is 5.70 Å². The molecule has 0 aliphatic heterocycles.